The molecule has 0 radical (unpaired) electrons. The number of nitrogens with one attached hydrogen (secondary N) is 1. The van der Waals surface area contributed by atoms with Crippen molar-refractivity contribution in [1.82, 2.24) is 34.3 Å². The number of hydrogen-bond acceptors (Lipinski definition) is 7. The lowest BCUT2D eigenvalue weighted by Crippen LogP contribution is -2.32. The lowest BCUT2D eigenvalue weighted by molar-refractivity contribution is 0.221. The molecule has 168 valence electrons. The molecule has 2 aliphatic rings. The number of anilines is 1. The smallest absolute Gasteiger partial charge is 0.226 e. The quantitative estimate of drug-likeness (QED) is 0.519. The van der Waals surface area contributed by atoms with Crippen LogP contribution in [0.1, 0.15) is 40.2 Å². The number of nitrogens with zero attached hydrogens (tertiary/aromatic N) is 7. The Morgan fingerprint density at radius 2 is 1.73 bits per heavy atom. The number of rotatable bonds is 3. The first-order valence-electron chi connectivity index (χ1n) is 10.7. The molecule has 0 saturated heterocycles. The molecule has 0 spiro atoms. The summed E-state index contributed by atoms with van der Waals surface area (Å²) in [5, 5.41) is 17.1. The molecular formula is C23H24N8O2. The summed E-state index contributed by atoms with van der Waals surface area (Å²) in [5.74, 6) is 2.19. The number of ether oxygens (including phenoxy) is 2. The molecule has 2 atom stereocenters. The molecular weight excluding hydrogens is 420 g/mol. The minimum atomic E-state index is -0.371. The van der Waals surface area contributed by atoms with Gasteiger partial charge in [-0.3, -0.25) is 9.36 Å². The van der Waals surface area contributed by atoms with E-state index in [9.17, 15) is 0 Å². The Balaban J connectivity index is 1.66. The molecule has 3 aromatic heterocycles. The van der Waals surface area contributed by atoms with Gasteiger partial charge < -0.3 is 14.8 Å². The van der Waals surface area contributed by atoms with E-state index in [0.29, 0.717) is 5.95 Å². The Bertz CT molecular complexity index is 1430. The van der Waals surface area contributed by atoms with Crippen molar-refractivity contribution in [2.24, 2.45) is 14.1 Å². The first-order chi connectivity index (χ1) is 16.0. The maximum Gasteiger partial charge on any atom is 0.226 e. The van der Waals surface area contributed by atoms with Gasteiger partial charge in [0.2, 0.25) is 5.95 Å². The Kier molecular flexibility index (Phi) is 4.13. The van der Waals surface area contributed by atoms with Crippen LogP contribution in [-0.2, 0) is 14.1 Å². The van der Waals surface area contributed by atoms with E-state index in [-0.39, 0.29) is 12.1 Å². The molecule has 0 amide bonds. The standard InChI is InChI=1S/C23H24N8O2/c1-12-16(9-25-29(12)3)21-19-20(28-23-24-11-27-31(21)23)15-8-14(32-5)6-7-18(15)33-22(19)17-10-26-30(4)13(17)2/h6-11,21-22H,1-5H3,(H,24,27,28). The molecule has 0 aliphatic carbocycles. The number of methoxy groups -OCH3 is 1. The number of benzene rings is 1. The third-order valence-electron chi connectivity index (χ3n) is 6.74. The van der Waals surface area contributed by atoms with Crippen molar-refractivity contribution >= 4 is 11.6 Å². The molecule has 10 nitrogen and oxygen atoms in total. The summed E-state index contributed by atoms with van der Waals surface area (Å²) in [7, 11) is 5.54. The normalized spacial score (nSPS) is 18.8. The monoisotopic (exact) mass is 444 g/mol. The largest absolute Gasteiger partial charge is 0.497 e. The van der Waals surface area contributed by atoms with Crippen molar-refractivity contribution in [3.8, 4) is 11.5 Å². The summed E-state index contributed by atoms with van der Waals surface area (Å²) < 4.78 is 17.8. The second kappa shape index (κ2) is 6.96. The average Bonchev–Trinajstić information content (AvgIpc) is 3.52. The number of hydrogen-bond donors (Lipinski definition) is 1. The summed E-state index contributed by atoms with van der Waals surface area (Å²) in [6.45, 7) is 4.11. The van der Waals surface area contributed by atoms with Gasteiger partial charge in [0.25, 0.3) is 0 Å². The molecule has 0 bridgehead atoms. The third-order valence-corrected chi connectivity index (χ3v) is 6.74. The fourth-order valence-corrected chi connectivity index (χ4v) is 4.69. The summed E-state index contributed by atoms with van der Waals surface area (Å²) in [5.41, 5.74) is 7.02. The van der Waals surface area contributed by atoms with E-state index in [1.54, 1.807) is 13.4 Å². The Hall–Kier alpha value is -4.08. The molecule has 0 saturated carbocycles. The number of aryl methyl sites for hydroxylation is 2. The topological polar surface area (TPSA) is 96.8 Å². The van der Waals surface area contributed by atoms with Gasteiger partial charge >= 0.3 is 0 Å². The summed E-state index contributed by atoms with van der Waals surface area (Å²) in [6.07, 6.45) is 4.97. The lowest BCUT2D eigenvalue weighted by atomic mass is 9.85. The fourth-order valence-electron chi connectivity index (χ4n) is 4.69. The first kappa shape index (κ1) is 19.6. The third kappa shape index (κ3) is 2.73. The zero-order valence-corrected chi connectivity index (χ0v) is 19.1. The van der Waals surface area contributed by atoms with Crippen LogP contribution in [0.5, 0.6) is 11.5 Å². The van der Waals surface area contributed by atoms with Gasteiger partial charge in [-0.2, -0.15) is 20.3 Å². The van der Waals surface area contributed by atoms with Crippen molar-refractivity contribution in [3.05, 3.63) is 70.6 Å². The van der Waals surface area contributed by atoms with Crippen molar-refractivity contribution < 1.29 is 9.47 Å². The first-order valence-corrected chi connectivity index (χ1v) is 10.7. The highest BCUT2D eigenvalue weighted by atomic mass is 16.5. The molecule has 0 fully saturated rings. The van der Waals surface area contributed by atoms with Crippen molar-refractivity contribution in [1.29, 1.82) is 0 Å². The summed E-state index contributed by atoms with van der Waals surface area (Å²) >= 11 is 0. The zero-order chi connectivity index (χ0) is 22.9. The summed E-state index contributed by atoms with van der Waals surface area (Å²) in [6, 6.07) is 5.59. The van der Waals surface area contributed by atoms with E-state index in [1.807, 2.05) is 58.7 Å². The number of aromatic nitrogens is 7. The van der Waals surface area contributed by atoms with Crippen LogP contribution in [0.2, 0.25) is 0 Å². The van der Waals surface area contributed by atoms with Crippen LogP contribution in [0.15, 0.2) is 42.5 Å². The Morgan fingerprint density at radius 1 is 1.00 bits per heavy atom. The highest BCUT2D eigenvalue weighted by Gasteiger charge is 2.43. The van der Waals surface area contributed by atoms with E-state index in [1.165, 1.54) is 0 Å². The van der Waals surface area contributed by atoms with Gasteiger partial charge in [-0.1, -0.05) is 0 Å². The molecule has 2 aliphatic heterocycles. The summed E-state index contributed by atoms with van der Waals surface area (Å²) in [4.78, 5) is 4.49. The Morgan fingerprint density at radius 3 is 2.39 bits per heavy atom. The van der Waals surface area contributed by atoms with Crippen LogP contribution >= 0.6 is 0 Å². The van der Waals surface area contributed by atoms with Crippen molar-refractivity contribution in [2.45, 2.75) is 26.0 Å². The highest BCUT2D eigenvalue weighted by molar-refractivity contribution is 5.85. The van der Waals surface area contributed by atoms with Crippen LogP contribution in [-0.4, -0.2) is 41.4 Å². The Labute approximate surface area is 190 Å². The molecule has 4 aromatic rings. The maximum atomic E-state index is 6.68. The molecule has 5 heterocycles. The van der Waals surface area contributed by atoms with Gasteiger partial charge in [0.1, 0.15) is 23.9 Å². The second-order valence-electron chi connectivity index (χ2n) is 8.36. The zero-order valence-electron chi connectivity index (χ0n) is 19.1. The van der Waals surface area contributed by atoms with Gasteiger partial charge in [-0.05, 0) is 32.0 Å². The minimum Gasteiger partial charge on any atom is -0.497 e. The van der Waals surface area contributed by atoms with E-state index in [4.69, 9.17) is 9.47 Å². The SMILES string of the molecule is COc1ccc2c(c1)C1=C(C(c3cnn(C)c3C)O2)C(c2cnn(C)c2C)n2ncnc2N1. The molecule has 1 N–H and O–H groups in total. The van der Waals surface area contributed by atoms with Crippen molar-refractivity contribution in [2.75, 3.05) is 12.4 Å². The molecule has 6 rings (SSSR count). The predicted octanol–water partition coefficient (Wildman–Crippen LogP) is 2.93. The van der Waals surface area contributed by atoms with Gasteiger partial charge in [-0.25, -0.2) is 4.68 Å². The molecule has 1 aromatic carbocycles. The second-order valence-corrected chi connectivity index (χ2v) is 8.36. The van der Waals surface area contributed by atoms with Gasteiger partial charge in [-0.15, -0.1) is 0 Å². The maximum absolute atomic E-state index is 6.68. The lowest BCUT2D eigenvalue weighted by Gasteiger charge is -2.38. The fraction of sp³-hybridized carbons (Fsp3) is 0.304. The van der Waals surface area contributed by atoms with Crippen LogP contribution in [0, 0.1) is 13.8 Å². The molecule has 33 heavy (non-hydrogen) atoms. The van der Waals surface area contributed by atoms with E-state index in [2.05, 4.69) is 39.4 Å². The van der Waals surface area contributed by atoms with Crippen molar-refractivity contribution in [3.63, 3.8) is 0 Å². The predicted molar refractivity (Wildman–Crippen MR) is 121 cm³/mol. The van der Waals surface area contributed by atoms with Gasteiger partial charge in [0, 0.05) is 47.7 Å². The van der Waals surface area contributed by atoms with E-state index in [0.717, 1.165) is 50.8 Å². The van der Waals surface area contributed by atoms with Crippen LogP contribution in [0.25, 0.3) is 5.70 Å². The van der Waals surface area contributed by atoms with Crippen LogP contribution in [0.4, 0.5) is 5.95 Å². The van der Waals surface area contributed by atoms with E-state index >= 15 is 0 Å². The molecule has 10 heteroatoms. The van der Waals surface area contributed by atoms with Gasteiger partial charge in [0.05, 0.1) is 25.2 Å². The van der Waals surface area contributed by atoms with E-state index < -0.39 is 0 Å². The average molecular weight is 444 g/mol. The van der Waals surface area contributed by atoms with Crippen LogP contribution in [0.3, 0.4) is 0 Å². The van der Waals surface area contributed by atoms with Gasteiger partial charge in [0.15, 0.2) is 6.10 Å². The van der Waals surface area contributed by atoms with Crippen LogP contribution < -0.4 is 14.8 Å². The number of fused-ring (bicyclic) bond motifs is 3. The highest BCUT2D eigenvalue weighted by Crippen LogP contribution is 2.51. The molecule has 2 unspecified atom stereocenters. The minimum absolute atomic E-state index is 0.253.